The smallest absolute Gasteiger partial charge is 0.170 e. The largest absolute Gasteiger partial charge is 0.294 e. The Balaban J connectivity index is 1.78. The van der Waals surface area contributed by atoms with Crippen molar-refractivity contribution >= 4 is 23.7 Å². The van der Waals surface area contributed by atoms with Gasteiger partial charge in [0.1, 0.15) is 5.41 Å². The first-order valence-electron chi connectivity index (χ1n) is 11.8. The molecule has 0 radical (unpaired) electrons. The van der Waals surface area contributed by atoms with Gasteiger partial charge in [-0.05, 0) is 47.2 Å². The Morgan fingerprint density at radius 1 is 0.486 bits per heavy atom. The van der Waals surface area contributed by atoms with E-state index in [1.807, 2.05) is 121 Å². The molecule has 0 aliphatic rings. The molecule has 0 aliphatic heterocycles. The van der Waals surface area contributed by atoms with Crippen molar-refractivity contribution in [2.75, 3.05) is 0 Å². The van der Waals surface area contributed by atoms with Crippen LogP contribution < -0.4 is 0 Å². The summed E-state index contributed by atoms with van der Waals surface area (Å²) in [6, 6.07) is 38.9. The third-order valence-electron chi connectivity index (χ3n) is 6.09. The molecule has 0 saturated heterocycles. The molecular weight excluding hydrogens is 428 g/mol. The number of hydrogen-bond donors (Lipinski definition) is 0. The zero-order valence-corrected chi connectivity index (χ0v) is 19.6. The number of hydrogen-bond acceptors (Lipinski definition) is 2. The van der Waals surface area contributed by atoms with Gasteiger partial charge in [0.15, 0.2) is 11.6 Å². The maximum absolute atomic E-state index is 14.0. The fourth-order valence-electron chi connectivity index (χ4n) is 4.21. The third kappa shape index (κ3) is 6.39. The molecule has 0 N–H and O–H groups in total. The van der Waals surface area contributed by atoms with Crippen LogP contribution in [0, 0.1) is 5.41 Å². The van der Waals surface area contributed by atoms with Gasteiger partial charge in [0, 0.05) is 0 Å². The Labute approximate surface area is 207 Å². The van der Waals surface area contributed by atoms with E-state index >= 15 is 0 Å². The predicted molar refractivity (Wildman–Crippen MR) is 144 cm³/mol. The van der Waals surface area contributed by atoms with Gasteiger partial charge in [-0.25, -0.2) is 0 Å². The average Bonchev–Trinajstić information content (AvgIpc) is 2.92. The van der Waals surface area contributed by atoms with Gasteiger partial charge in [-0.2, -0.15) is 0 Å². The predicted octanol–water partition coefficient (Wildman–Crippen LogP) is 7.02. The van der Waals surface area contributed by atoms with Gasteiger partial charge in [-0.1, -0.05) is 133 Å². The van der Waals surface area contributed by atoms with Gasteiger partial charge < -0.3 is 0 Å². The lowest BCUT2D eigenvalue weighted by molar-refractivity contribution is -0.135. The molecule has 4 aromatic rings. The number of benzene rings is 4. The van der Waals surface area contributed by atoms with Crippen molar-refractivity contribution in [3.05, 3.63) is 156 Å². The number of allylic oxidation sites excluding steroid dienone is 2. The normalized spacial score (nSPS) is 11.7. The van der Waals surface area contributed by atoms with Crippen molar-refractivity contribution in [1.82, 2.24) is 0 Å². The number of carbonyl (C=O) groups excluding carboxylic acids is 2. The molecule has 2 nitrogen and oxygen atoms in total. The summed E-state index contributed by atoms with van der Waals surface area (Å²) in [6.07, 6.45) is 7.35. The Bertz CT molecular complexity index is 1180. The Hall–Kier alpha value is -4.30. The molecule has 0 atom stereocenters. The Morgan fingerprint density at radius 2 is 0.800 bits per heavy atom. The molecule has 0 aromatic heterocycles. The summed E-state index contributed by atoms with van der Waals surface area (Å²) in [5.41, 5.74) is 2.47. The van der Waals surface area contributed by atoms with Gasteiger partial charge in [-0.3, -0.25) is 9.59 Å². The first-order chi connectivity index (χ1) is 17.2. The quantitative estimate of drug-likeness (QED) is 0.190. The molecule has 2 heteroatoms. The van der Waals surface area contributed by atoms with E-state index < -0.39 is 5.41 Å². The molecule has 0 unspecified atom stereocenters. The second-order valence-electron chi connectivity index (χ2n) is 8.62. The topological polar surface area (TPSA) is 34.1 Å². The summed E-state index contributed by atoms with van der Waals surface area (Å²) in [5.74, 6) is -0.395. The summed E-state index contributed by atoms with van der Waals surface area (Å²) in [7, 11) is 0. The molecular formula is C33H28O2. The summed E-state index contributed by atoms with van der Waals surface area (Å²) >= 11 is 0. The molecule has 0 heterocycles. The summed E-state index contributed by atoms with van der Waals surface area (Å²) in [4.78, 5) is 27.9. The molecule has 0 fully saturated rings. The van der Waals surface area contributed by atoms with Gasteiger partial charge in [0.05, 0.1) is 0 Å². The summed E-state index contributed by atoms with van der Waals surface area (Å²) in [6.45, 7) is 0. The summed E-state index contributed by atoms with van der Waals surface area (Å²) < 4.78 is 0. The average molecular weight is 457 g/mol. The van der Waals surface area contributed by atoms with E-state index in [0.29, 0.717) is 12.8 Å². The second-order valence-corrected chi connectivity index (χ2v) is 8.62. The van der Waals surface area contributed by atoms with Crippen LogP contribution in [0.4, 0.5) is 0 Å². The minimum atomic E-state index is -1.26. The zero-order valence-electron chi connectivity index (χ0n) is 19.6. The van der Waals surface area contributed by atoms with E-state index in [-0.39, 0.29) is 11.6 Å². The van der Waals surface area contributed by atoms with Crippen molar-refractivity contribution < 1.29 is 9.59 Å². The molecule has 0 amide bonds. The molecule has 4 rings (SSSR count). The highest BCUT2D eigenvalue weighted by Gasteiger charge is 2.43. The van der Waals surface area contributed by atoms with Gasteiger partial charge >= 0.3 is 0 Å². The van der Waals surface area contributed by atoms with E-state index in [9.17, 15) is 9.59 Å². The number of carbonyl (C=O) groups is 2. The molecule has 35 heavy (non-hydrogen) atoms. The van der Waals surface area contributed by atoms with Crippen LogP contribution >= 0.6 is 0 Å². The molecule has 4 aromatic carbocycles. The van der Waals surface area contributed by atoms with Gasteiger partial charge in [0.25, 0.3) is 0 Å². The monoisotopic (exact) mass is 456 g/mol. The van der Waals surface area contributed by atoms with Crippen LogP contribution in [0.1, 0.15) is 22.3 Å². The molecule has 0 saturated carbocycles. The zero-order chi connectivity index (χ0) is 24.3. The lowest BCUT2D eigenvalue weighted by atomic mass is 9.69. The highest BCUT2D eigenvalue weighted by Crippen LogP contribution is 2.32. The maximum atomic E-state index is 14.0. The van der Waals surface area contributed by atoms with Crippen LogP contribution in [0.2, 0.25) is 0 Å². The van der Waals surface area contributed by atoms with E-state index in [0.717, 1.165) is 22.3 Å². The fraction of sp³-hybridized carbons (Fsp3) is 0.0909. The van der Waals surface area contributed by atoms with Gasteiger partial charge in [0.2, 0.25) is 0 Å². The van der Waals surface area contributed by atoms with E-state index in [2.05, 4.69) is 0 Å². The second kappa shape index (κ2) is 11.7. The molecule has 172 valence electrons. The fourth-order valence-corrected chi connectivity index (χ4v) is 4.21. The van der Waals surface area contributed by atoms with Crippen molar-refractivity contribution in [1.29, 1.82) is 0 Å². The van der Waals surface area contributed by atoms with Crippen molar-refractivity contribution in [2.24, 2.45) is 5.41 Å². The van der Waals surface area contributed by atoms with E-state index in [4.69, 9.17) is 0 Å². The van der Waals surface area contributed by atoms with Crippen molar-refractivity contribution in [3.63, 3.8) is 0 Å². The van der Waals surface area contributed by atoms with Crippen LogP contribution in [-0.2, 0) is 22.4 Å². The standard InChI is InChI=1S/C33H28O2/c34-31(23-21-27-13-5-1-6-14-27)33(25-29-17-9-3-10-18-29,26-30-19-11-4-12-20-30)32(35)24-22-28-15-7-2-8-16-28/h1-24H,25-26H2. The highest BCUT2D eigenvalue weighted by molar-refractivity contribution is 6.17. The SMILES string of the molecule is O=C(C=Cc1ccccc1)C(Cc1ccccc1)(Cc1ccccc1)C(=O)C=Cc1ccccc1. The maximum Gasteiger partial charge on any atom is 0.170 e. The molecule has 0 aliphatic carbocycles. The lowest BCUT2D eigenvalue weighted by Crippen LogP contribution is -2.42. The molecule has 0 bridgehead atoms. The minimum absolute atomic E-state index is 0.197. The van der Waals surface area contributed by atoms with E-state index in [1.165, 1.54) is 0 Å². The van der Waals surface area contributed by atoms with Crippen LogP contribution in [0.5, 0.6) is 0 Å². The van der Waals surface area contributed by atoms with Crippen LogP contribution in [0.25, 0.3) is 12.2 Å². The van der Waals surface area contributed by atoms with Crippen molar-refractivity contribution in [2.45, 2.75) is 12.8 Å². The van der Waals surface area contributed by atoms with Gasteiger partial charge in [-0.15, -0.1) is 0 Å². The Morgan fingerprint density at radius 3 is 1.14 bits per heavy atom. The lowest BCUT2D eigenvalue weighted by Gasteiger charge is -2.29. The highest BCUT2D eigenvalue weighted by atomic mass is 16.2. The molecule has 0 spiro atoms. The van der Waals surface area contributed by atoms with Crippen LogP contribution in [0.15, 0.2) is 133 Å². The minimum Gasteiger partial charge on any atom is -0.294 e. The summed E-state index contributed by atoms with van der Waals surface area (Å²) in [5, 5.41) is 0. The van der Waals surface area contributed by atoms with Crippen LogP contribution in [-0.4, -0.2) is 11.6 Å². The van der Waals surface area contributed by atoms with E-state index in [1.54, 1.807) is 24.3 Å². The third-order valence-corrected chi connectivity index (χ3v) is 6.09. The van der Waals surface area contributed by atoms with Crippen LogP contribution in [0.3, 0.4) is 0 Å². The first-order valence-corrected chi connectivity index (χ1v) is 11.8. The number of rotatable bonds is 10. The van der Waals surface area contributed by atoms with Crippen molar-refractivity contribution in [3.8, 4) is 0 Å². The Kier molecular flexibility index (Phi) is 7.98. The number of ketones is 2. The first kappa shape index (κ1) is 23.8.